The smallest absolute Gasteiger partial charge is 0.326 e. The van der Waals surface area contributed by atoms with Crippen LogP contribution in [0.1, 0.15) is 27.0 Å². The molecule has 0 atom stereocenters. The largest absolute Gasteiger partial charge is 0.456 e. The number of benzene rings is 3. The van der Waals surface area contributed by atoms with Crippen LogP contribution in [0.3, 0.4) is 0 Å². The molecule has 0 saturated carbocycles. The molecular formula is C23H19BrCl2N2O3. The van der Waals surface area contributed by atoms with Gasteiger partial charge in [0.1, 0.15) is 11.5 Å². The molecule has 0 aliphatic carbocycles. The van der Waals surface area contributed by atoms with Gasteiger partial charge in [-0.15, -0.1) is 0 Å². The maximum Gasteiger partial charge on any atom is 0.326 e. The molecule has 0 aliphatic rings. The molecule has 3 amide bonds. The van der Waals surface area contributed by atoms with E-state index in [1.807, 2.05) is 20.8 Å². The van der Waals surface area contributed by atoms with E-state index in [0.29, 0.717) is 22.2 Å². The van der Waals surface area contributed by atoms with Gasteiger partial charge in [0, 0.05) is 10.7 Å². The first-order valence-corrected chi connectivity index (χ1v) is 10.8. The molecule has 8 heteroatoms. The minimum absolute atomic E-state index is 0.223. The van der Waals surface area contributed by atoms with Crippen molar-refractivity contribution in [1.82, 2.24) is 5.32 Å². The zero-order chi connectivity index (χ0) is 22.7. The number of carbonyl (C=O) groups excluding carboxylic acids is 2. The Morgan fingerprint density at radius 1 is 0.968 bits per heavy atom. The van der Waals surface area contributed by atoms with Crippen molar-refractivity contribution in [3.05, 3.63) is 85.3 Å². The van der Waals surface area contributed by atoms with Gasteiger partial charge in [0.05, 0.1) is 15.1 Å². The molecule has 0 fully saturated rings. The van der Waals surface area contributed by atoms with Crippen LogP contribution < -0.4 is 15.4 Å². The predicted octanol–water partition coefficient (Wildman–Crippen LogP) is 7.44. The molecule has 3 aromatic carbocycles. The molecule has 0 unspecified atom stereocenters. The first-order valence-electron chi connectivity index (χ1n) is 9.28. The van der Waals surface area contributed by atoms with Crippen LogP contribution in [0.4, 0.5) is 10.5 Å². The zero-order valence-electron chi connectivity index (χ0n) is 17.0. The number of ether oxygens (including phenoxy) is 1. The lowest BCUT2D eigenvalue weighted by Gasteiger charge is -2.18. The Bertz CT molecular complexity index is 1180. The third kappa shape index (κ3) is 5.39. The third-order valence-corrected chi connectivity index (χ3v) is 5.91. The molecule has 0 aromatic heterocycles. The summed E-state index contributed by atoms with van der Waals surface area (Å²) in [6.07, 6.45) is 0. The molecule has 0 radical (unpaired) electrons. The number of anilines is 1. The van der Waals surface area contributed by atoms with Crippen molar-refractivity contribution in [3.8, 4) is 11.5 Å². The molecule has 2 N–H and O–H groups in total. The summed E-state index contributed by atoms with van der Waals surface area (Å²) in [4.78, 5) is 24.7. The van der Waals surface area contributed by atoms with Crippen LogP contribution in [-0.2, 0) is 0 Å². The number of urea groups is 1. The number of rotatable bonds is 4. The monoisotopic (exact) mass is 520 g/mol. The van der Waals surface area contributed by atoms with E-state index >= 15 is 0 Å². The summed E-state index contributed by atoms with van der Waals surface area (Å²) in [5.41, 5.74) is 3.28. The molecule has 0 aliphatic heterocycles. The molecule has 0 heterocycles. The fourth-order valence-corrected chi connectivity index (χ4v) is 3.97. The van der Waals surface area contributed by atoms with Crippen molar-refractivity contribution >= 4 is 56.8 Å². The van der Waals surface area contributed by atoms with Gasteiger partial charge in [0.15, 0.2) is 0 Å². The van der Waals surface area contributed by atoms with Gasteiger partial charge in [0.25, 0.3) is 5.91 Å². The average Bonchev–Trinajstić information content (AvgIpc) is 2.70. The summed E-state index contributed by atoms with van der Waals surface area (Å²) in [7, 11) is 0. The van der Waals surface area contributed by atoms with Crippen LogP contribution >= 0.6 is 39.1 Å². The molecule has 5 nitrogen and oxygen atoms in total. The Morgan fingerprint density at radius 3 is 2.35 bits per heavy atom. The molecule has 31 heavy (non-hydrogen) atoms. The van der Waals surface area contributed by atoms with Gasteiger partial charge in [0.2, 0.25) is 0 Å². The number of aryl methyl sites for hydroxylation is 1. The topological polar surface area (TPSA) is 67.4 Å². The highest BCUT2D eigenvalue weighted by atomic mass is 79.9. The van der Waals surface area contributed by atoms with E-state index < -0.39 is 11.9 Å². The Balaban J connectivity index is 1.79. The van der Waals surface area contributed by atoms with E-state index in [1.165, 1.54) is 0 Å². The lowest BCUT2D eigenvalue weighted by atomic mass is 10.0. The third-order valence-electron chi connectivity index (χ3n) is 4.73. The number of imide groups is 1. The summed E-state index contributed by atoms with van der Waals surface area (Å²) >= 11 is 15.5. The Labute approximate surface area is 198 Å². The molecule has 0 spiro atoms. The lowest BCUT2D eigenvalue weighted by Crippen LogP contribution is -2.34. The zero-order valence-corrected chi connectivity index (χ0v) is 20.1. The summed E-state index contributed by atoms with van der Waals surface area (Å²) < 4.78 is 6.83. The van der Waals surface area contributed by atoms with Crippen LogP contribution in [-0.4, -0.2) is 11.9 Å². The van der Waals surface area contributed by atoms with Crippen LogP contribution in [0.5, 0.6) is 11.5 Å². The minimum atomic E-state index is -0.652. The minimum Gasteiger partial charge on any atom is -0.456 e. The highest BCUT2D eigenvalue weighted by Gasteiger charge is 2.17. The van der Waals surface area contributed by atoms with Crippen molar-refractivity contribution in [1.29, 1.82) is 0 Å². The number of hydrogen-bond donors (Lipinski definition) is 2. The fourth-order valence-electron chi connectivity index (χ4n) is 2.98. The molecular weight excluding hydrogens is 503 g/mol. The van der Waals surface area contributed by atoms with E-state index in [-0.39, 0.29) is 10.6 Å². The van der Waals surface area contributed by atoms with E-state index in [2.05, 4.69) is 26.6 Å². The summed E-state index contributed by atoms with van der Waals surface area (Å²) in [5, 5.41) is 5.89. The average molecular weight is 522 g/mol. The van der Waals surface area contributed by atoms with Gasteiger partial charge in [-0.25, -0.2) is 4.79 Å². The van der Waals surface area contributed by atoms with Crippen molar-refractivity contribution in [2.24, 2.45) is 0 Å². The number of carbonyl (C=O) groups is 2. The highest BCUT2D eigenvalue weighted by Crippen LogP contribution is 2.38. The van der Waals surface area contributed by atoms with Crippen LogP contribution in [0.25, 0.3) is 0 Å². The molecule has 0 bridgehead atoms. The number of hydrogen-bond acceptors (Lipinski definition) is 3. The predicted molar refractivity (Wildman–Crippen MR) is 128 cm³/mol. The van der Waals surface area contributed by atoms with Crippen LogP contribution in [0, 0.1) is 20.8 Å². The van der Waals surface area contributed by atoms with E-state index in [0.717, 1.165) is 21.2 Å². The number of halogens is 3. The fraction of sp³-hybridized carbons (Fsp3) is 0.130. The first-order chi connectivity index (χ1) is 14.7. The quantitative estimate of drug-likeness (QED) is 0.375. The summed E-state index contributed by atoms with van der Waals surface area (Å²) in [5.74, 6) is 0.721. The van der Waals surface area contributed by atoms with E-state index in [1.54, 1.807) is 48.5 Å². The van der Waals surface area contributed by atoms with Crippen molar-refractivity contribution < 1.29 is 14.3 Å². The van der Waals surface area contributed by atoms with Gasteiger partial charge in [-0.3, -0.25) is 10.1 Å². The molecule has 0 saturated heterocycles. The van der Waals surface area contributed by atoms with Crippen LogP contribution in [0.15, 0.2) is 53.0 Å². The maximum absolute atomic E-state index is 12.4. The van der Waals surface area contributed by atoms with Gasteiger partial charge in [-0.05, 0) is 89.8 Å². The summed E-state index contributed by atoms with van der Waals surface area (Å²) in [6, 6.07) is 12.9. The van der Waals surface area contributed by atoms with Gasteiger partial charge in [-0.2, -0.15) is 0 Å². The molecule has 160 valence electrons. The lowest BCUT2D eigenvalue weighted by molar-refractivity contribution is 0.0967. The standard InChI is InChI=1S/C23H19BrCl2N2O3/c1-12-10-19(27-23(30)28-22(29)16-6-4-5-7-18(16)26)13(2)14(3)21(12)31-20-9-8-15(25)11-17(20)24/h4-11H,1-3H3,(H2,27,28,29,30). The maximum atomic E-state index is 12.4. The van der Waals surface area contributed by atoms with E-state index in [4.69, 9.17) is 27.9 Å². The summed E-state index contributed by atoms with van der Waals surface area (Å²) in [6.45, 7) is 5.65. The van der Waals surface area contributed by atoms with Gasteiger partial charge < -0.3 is 10.1 Å². The molecule has 3 aromatic rings. The van der Waals surface area contributed by atoms with Crippen LogP contribution in [0.2, 0.25) is 10.0 Å². The number of nitrogens with one attached hydrogen (secondary N) is 2. The van der Waals surface area contributed by atoms with Gasteiger partial charge in [-0.1, -0.05) is 35.3 Å². The van der Waals surface area contributed by atoms with Crippen molar-refractivity contribution in [2.45, 2.75) is 20.8 Å². The first kappa shape index (κ1) is 23.1. The SMILES string of the molecule is Cc1cc(NC(=O)NC(=O)c2ccccc2Cl)c(C)c(C)c1Oc1ccc(Cl)cc1Br. The van der Waals surface area contributed by atoms with Gasteiger partial charge >= 0.3 is 6.03 Å². The second-order valence-corrected chi connectivity index (χ2v) is 8.58. The molecule has 3 rings (SSSR count). The highest BCUT2D eigenvalue weighted by molar-refractivity contribution is 9.10. The normalized spacial score (nSPS) is 10.5. The Hall–Kier alpha value is -2.54. The Morgan fingerprint density at radius 2 is 1.68 bits per heavy atom. The second-order valence-electron chi connectivity index (χ2n) is 6.89. The second kappa shape index (κ2) is 9.73. The van der Waals surface area contributed by atoms with Crippen molar-refractivity contribution in [3.63, 3.8) is 0 Å². The Kier molecular flexibility index (Phi) is 7.26. The van der Waals surface area contributed by atoms with Crippen molar-refractivity contribution in [2.75, 3.05) is 5.32 Å². The number of amides is 3. The van der Waals surface area contributed by atoms with E-state index in [9.17, 15) is 9.59 Å².